The molecule has 0 amide bonds. The summed E-state index contributed by atoms with van der Waals surface area (Å²) in [5, 5.41) is 1.08. The molecular weight excluding hydrogens is 623 g/mol. The van der Waals surface area contributed by atoms with Gasteiger partial charge in [0.15, 0.2) is 4.80 Å². The van der Waals surface area contributed by atoms with Gasteiger partial charge in [-0.25, -0.2) is 9.79 Å². The lowest BCUT2D eigenvalue weighted by molar-refractivity contribution is -0.138. The summed E-state index contributed by atoms with van der Waals surface area (Å²) in [4.78, 5) is 35.0. The van der Waals surface area contributed by atoms with Crippen molar-refractivity contribution in [2.45, 2.75) is 31.3 Å². The first-order valence-electron chi connectivity index (χ1n) is 15.5. The Bertz CT molecular complexity index is 2320. The minimum absolute atomic E-state index is 0.194. The molecule has 0 saturated carbocycles. The van der Waals surface area contributed by atoms with Crippen LogP contribution >= 0.6 is 23.1 Å². The molecule has 2 aromatic heterocycles. The summed E-state index contributed by atoms with van der Waals surface area (Å²) in [6.45, 7) is 4.82. The number of ether oxygens (including phenoxy) is 1. The summed E-state index contributed by atoms with van der Waals surface area (Å²) in [6.07, 6.45) is 4.02. The van der Waals surface area contributed by atoms with Crippen LogP contribution in [-0.2, 0) is 16.1 Å². The molecule has 0 saturated heterocycles. The average Bonchev–Trinajstić information content (AvgIpc) is 3.56. The molecule has 0 unspecified atom stereocenters. The molecular formula is C39H33N3O3S2. The van der Waals surface area contributed by atoms with Crippen LogP contribution in [0, 0.1) is 6.92 Å². The summed E-state index contributed by atoms with van der Waals surface area (Å²) in [7, 11) is 0. The Hall–Kier alpha value is -4.92. The van der Waals surface area contributed by atoms with Gasteiger partial charge in [0.25, 0.3) is 5.56 Å². The summed E-state index contributed by atoms with van der Waals surface area (Å²) in [5.41, 5.74) is 6.66. The van der Waals surface area contributed by atoms with Crippen molar-refractivity contribution in [3.63, 3.8) is 0 Å². The maximum Gasteiger partial charge on any atom is 0.338 e. The first-order chi connectivity index (χ1) is 23.0. The molecule has 1 aliphatic heterocycles. The molecule has 1 atom stereocenters. The van der Waals surface area contributed by atoms with Crippen LogP contribution in [0.5, 0.6) is 0 Å². The lowest BCUT2D eigenvalue weighted by atomic mass is 9.93. The lowest BCUT2D eigenvalue weighted by Gasteiger charge is -2.26. The highest BCUT2D eigenvalue weighted by Crippen LogP contribution is 2.36. The van der Waals surface area contributed by atoms with E-state index in [1.165, 1.54) is 16.9 Å². The predicted octanol–water partition coefficient (Wildman–Crippen LogP) is 6.97. The Balaban J connectivity index is 1.47. The molecule has 6 nitrogen and oxygen atoms in total. The van der Waals surface area contributed by atoms with Gasteiger partial charge >= 0.3 is 5.97 Å². The molecule has 47 heavy (non-hydrogen) atoms. The van der Waals surface area contributed by atoms with E-state index >= 15 is 0 Å². The molecule has 1 aliphatic rings. The fourth-order valence-corrected chi connectivity index (χ4v) is 7.67. The summed E-state index contributed by atoms with van der Waals surface area (Å²) >= 11 is 2.99. The van der Waals surface area contributed by atoms with Gasteiger partial charge in [0, 0.05) is 39.2 Å². The zero-order valence-electron chi connectivity index (χ0n) is 26.3. The second-order valence-electron chi connectivity index (χ2n) is 11.3. The number of thiazole rings is 1. The van der Waals surface area contributed by atoms with Crippen molar-refractivity contribution < 1.29 is 9.53 Å². The Morgan fingerprint density at radius 1 is 0.936 bits per heavy atom. The molecule has 8 heteroatoms. The van der Waals surface area contributed by atoms with Gasteiger partial charge in [-0.1, -0.05) is 102 Å². The van der Waals surface area contributed by atoms with Crippen LogP contribution in [-0.4, -0.2) is 28.0 Å². The first kappa shape index (κ1) is 30.7. The number of nitrogens with zero attached hydrogens (tertiary/aromatic N) is 3. The van der Waals surface area contributed by atoms with E-state index in [0.717, 1.165) is 44.7 Å². The zero-order valence-corrected chi connectivity index (χ0v) is 28.0. The Morgan fingerprint density at radius 2 is 1.62 bits per heavy atom. The smallest absolute Gasteiger partial charge is 0.338 e. The molecule has 234 valence electrons. The van der Waals surface area contributed by atoms with Gasteiger partial charge in [-0.15, -0.1) is 11.8 Å². The molecule has 0 spiro atoms. The van der Waals surface area contributed by atoms with Crippen molar-refractivity contribution in [1.82, 2.24) is 9.13 Å². The van der Waals surface area contributed by atoms with Crippen molar-refractivity contribution in [2.75, 3.05) is 12.9 Å². The SMILES string of the molecule is CCOC(=O)C1=C(c2ccccc2)N=c2s/c(=C\c3c(C)n(Cc4ccccc4)c4ccccc34)c(=O)n2[C@H]1c1ccc(SC)cc1. The average molecular weight is 656 g/mol. The number of hydrogen-bond donors (Lipinski definition) is 0. The van der Waals surface area contributed by atoms with Crippen molar-refractivity contribution in [3.8, 4) is 0 Å². The highest BCUT2D eigenvalue weighted by Gasteiger charge is 2.35. The van der Waals surface area contributed by atoms with E-state index in [9.17, 15) is 9.59 Å². The molecule has 0 radical (unpaired) electrons. The Labute approximate surface area is 281 Å². The fraction of sp³-hybridized carbons (Fsp3) is 0.154. The normalized spacial score (nSPS) is 14.7. The fourth-order valence-electron chi connectivity index (χ4n) is 6.28. The van der Waals surface area contributed by atoms with Crippen LogP contribution in [0.3, 0.4) is 0 Å². The van der Waals surface area contributed by atoms with Gasteiger partial charge in [-0.3, -0.25) is 9.36 Å². The number of para-hydroxylation sites is 1. The van der Waals surface area contributed by atoms with E-state index < -0.39 is 12.0 Å². The van der Waals surface area contributed by atoms with Gasteiger partial charge in [0.1, 0.15) is 0 Å². The van der Waals surface area contributed by atoms with Crippen molar-refractivity contribution in [2.24, 2.45) is 4.99 Å². The summed E-state index contributed by atoms with van der Waals surface area (Å²) < 4.78 is 10.1. The molecule has 0 fully saturated rings. The second kappa shape index (κ2) is 13.1. The van der Waals surface area contributed by atoms with Gasteiger partial charge < -0.3 is 9.30 Å². The van der Waals surface area contributed by atoms with Gasteiger partial charge in [0.2, 0.25) is 0 Å². The number of fused-ring (bicyclic) bond motifs is 2. The molecule has 0 N–H and O–H groups in total. The maximum atomic E-state index is 14.5. The third kappa shape index (κ3) is 5.68. The van der Waals surface area contributed by atoms with Gasteiger partial charge in [-0.2, -0.15) is 0 Å². The number of thioether (sulfide) groups is 1. The summed E-state index contributed by atoms with van der Waals surface area (Å²) in [6, 6.07) is 35.7. The largest absolute Gasteiger partial charge is 0.463 e. The standard InChI is InChI=1S/C39H33N3O3S2/c1-4-45-38(44)34-35(27-15-9-6-10-16-27)40-39-42(36(34)28-19-21-29(46-3)22-20-28)37(43)33(47-39)23-31-25(2)41(24-26-13-7-5-8-14-26)32-18-12-11-17-30(31)32/h5-23,36H,4,24H2,1-3H3/b33-23-/t36-/m0/s1. The quantitative estimate of drug-likeness (QED) is 0.131. The minimum Gasteiger partial charge on any atom is -0.463 e. The highest BCUT2D eigenvalue weighted by molar-refractivity contribution is 7.98. The minimum atomic E-state index is -0.709. The Morgan fingerprint density at radius 3 is 2.32 bits per heavy atom. The van der Waals surface area contributed by atoms with Crippen molar-refractivity contribution >= 4 is 51.7 Å². The predicted molar refractivity (Wildman–Crippen MR) is 192 cm³/mol. The number of aromatic nitrogens is 2. The molecule has 0 aliphatic carbocycles. The van der Waals surface area contributed by atoms with Crippen LogP contribution in [0.15, 0.2) is 129 Å². The monoisotopic (exact) mass is 655 g/mol. The van der Waals surface area contributed by atoms with Crippen molar-refractivity contribution in [1.29, 1.82) is 0 Å². The number of carbonyl (C=O) groups excluding carboxylic acids is 1. The number of esters is 1. The van der Waals surface area contributed by atoms with Crippen LogP contribution in [0.25, 0.3) is 22.7 Å². The van der Waals surface area contributed by atoms with Gasteiger partial charge in [0.05, 0.1) is 28.5 Å². The maximum absolute atomic E-state index is 14.5. The Kier molecular flexibility index (Phi) is 8.54. The molecule has 6 aromatic rings. The number of rotatable bonds is 8. The topological polar surface area (TPSA) is 65.6 Å². The number of carbonyl (C=O) groups is 1. The third-order valence-corrected chi connectivity index (χ3v) is 10.3. The van der Waals surface area contributed by atoms with E-state index in [-0.39, 0.29) is 12.2 Å². The van der Waals surface area contributed by atoms with Crippen LogP contribution in [0.1, 0.15) is 40.9 Å². The second-order valence-corrected chi connectivity index (χ2v) is 13.2. The highest BCUT2D eigenvalue weighted by atomic mass is 32.2. The van der Waals surface area contributed by atoms with E-state index in [4.69, 9.17) is 9.73 Å². The van der Waals surface area contributed by atoms with E-state index in [1.54, 1.807) is 23.3 Å². The van der Waals surface area contributed by atoms with E-state index in [0.29, 0.717) is 20.6 Å². The molecule has 0 bridgehead atoms. The molecule has 4 aromatic carbocycles. The molecule has 3 heterocycles. The zero-order chi connectivity index (χ0) is 32.5. The molecule has 7 rings (SSSR count). The number of hydrogen-bond acceptors (Lipinski definition) is 6. The van der Waals surface area contributed by atoms with Crippen LogP contribution < -0.4 is 14.9 Å². The van der Waals surface area contributed by atoms with E-state index in [1.807, 2.05) is 85.1 Å². The lowest BCUT2D eigenvalue weighted by Crippen LogP contribution is -2.40. The van der Waals surface area contributed by atoms with Gasteiger partial charge in [-0.05, 0) is 55.5 Å². The summed E-state index contributed by atoms with van der Waals surface area (Å²) in [5.74, 6) is -0.483. The first-order valence-corrected chi connectivity index (χ1v) is 17.6. The van der Waals surface area contributed by atoms with E-state index in [2.05, 4.69) is 47.9 Å². The number of benzene rings is 4. The third-order valence-electron chi connectivity index (χ3n) is 8.54. The van der Waals surface area contributed by atoms with Crippen LogP contribution in [0.2, 0.25) is 0 Å². The van der Waals surface area contributed by atoms with Crippen molar-refractivity contribution in [3.05, 3.63) is 162 Å². The van der Waals surface area contributed by atoms with Crippen LogP contribution in [0.4, 0.5) is 0 Å².